The van der Waals surface area contributed by atoms with Crippen molar-refractivity contribution in [1.29, 1.82) is 0 Å². The van der Waals surface area contributed by atoms with Crippen LogP contribution < -0.4 is 15.3 Å². The monoisotopic (exact) mass is 341 g/mol. The Bertz CT molecular complexity index is 808. The SMILES string of the molecule is O=C(Nc1ccccc1)Nc1c[n+](C(CF)Cc2ccccc2)no1. The number of hydrogen-bond donors (Lipinski definition) is 2. The average Bonchev–Trinajstić information content (AvgIpc) is 3.09. The van der Waals surface area contributed by atoms with Crippen LogP contribution in [0.3, 0.4) is 0 Å². The van der Waals surface area contributed by atoms with Crippen molar-refractivity contribution in [2.75, 3.05) is 17.3 Å². The van der Waals surface area contributed by atoms with Crippen molar-refractivity contribution in [3.63, 3.8) is 0 Å². The van der Waals surface area contributed by atoms with E-state index < -0.39 is 18.7 Å². The topological polar surface area (TPSA) is 71.0 Å². The molecule has 128 valence electrons. The number of anilines is 2. The summed E-state index contributed by atoms with van der Waals surface area (Å²) in [7, 11) is 0. The van der Waals surface area contributed by atoms with Crippen molar-refractivity contribution >= 4 is 17.6 Å². The highest BCUT2D eigenvalue weighted by Gasteiger charge is 2.25. The quantitative estimate of drug-likeness (QED) is 0.675. The van der Waals surface area contributed by atoms with Gasteiger partial charge < -0.3 is 5.32 Å². The molecule has 0 aliphatic rings. The van der Waals surface area contributed by atoms with Crippen molar-refractivity contribution in [2.24, 2.45) is 0 Å². The molecule has 0 radical (unpaired) electrons. The summed E-state index contributed by atoms with van der Waals surface area (Å²) >= 11 is 0. The molecule has 1 atom stereocenters. The van der Waals surface area contributed by atoms with Crippen molar-refractivity contribution in [1.82, 2.24) is 5.27 Å². The fraction of sp³-hybridized carbons (Fsp3) is 0.167. The van der Waals surface area contributed by atoms with Crippen LogP contribution in [0.15, 0.2) is 71.4 Å². The van der Waals surface area contributed by atoms with E-state index in [-0.39, 0.29) is 5.88 Å². The molecular weight excluding hydrogens is 323 g/mol. The highest BCUT2D eigenvalue weighted by Crippen LogP contribution is 2.12. The number of benzene rings is 2. The number of rotatable bonds is 6. The van der Waals surface area contributed by atoms with Crippen LogP contribution in [0.1, 0.15) is 11.6 Å². The van der Waals surface area contributed by atoms with E-state index in [0.717, 1.165) is 5.56 Å². The van der Waals surface area contributed by atoms with E-state index in [4.69, 9.17) is 4.52 Å². The minimum atomic E-state index is -0.595. The van der Waals surface area contributed by atoms with Crippen LogP contribution in [-0.4, -0.2) is 18.0 Å². The molecule has 1 aromatic heterocycles. The molecule has 1 unspecified atom stereocenters. The zero-order chi connectivity index (χ0) is 17.5. The highest BCUT2D eigenvalue weighted by molar-refractivity contribution is 5.98. The molecule has 2 aromatic carbocycles. The fourth-order valence-corrected chi connectivity index (χ4v) is 2.39. The van der Waals surface area contributed by atoms with Gasteiger partial charge in [-0.1, -0.05) is 48.5 Å². The number of alkyl halides is 1. The second kappa shape index (κ2) is 8.05. The number of carbonyl (C=O) groups is 1. The first-order chi connectivity index (χ1) is 12.2. The summed E-state index contributed by atoms with van der Waals surface area (Å²) in [5, 5.41) is 9.00. The van der Waals surface area contributed by atoms with E-state index in [1.807, 2.05) is 48.5 Å². The standard InChI is InChI=1S/C18H17FN4O2/c19-12-16(11-14-7-3-1-4-8-14)23-13-17(25-22-23)21-18(24)20-15-9-5-2-6-10-15/h1-10,13,16H,11-12H2,(H-,20,21,22,24)/p+1. The number of hydrogen-bond acceptors (Lipinski definition) is 3. The van der Waals surface area contributed by atoms with E-state index in [1.54, 1.807) is 12.1 Å². The largest absolute Gasteiger partial charge is 0.326 e. The Morgan fingerprint density at radius 1 is 1.08 bits per heavy atom. The van der Waals surface area contributed by atoms with Crippen molar-refractivity contribution in [3.8, 4) is 0 Å². The van der Waals surface area contributed by atoms with Gasteiger partial charge in [-0.2, -0.15) is 0 Å². The predicted molar refractivity (Wildman–Crippen MR) is 90.9 cm³/mol. The Labute approximate surface area is 144 Å². The van der Waals surface area contributed by atoms with Gasteiger partial charge in [-0.25, -0.2) is 9.18 Å². The smallest absolute Gasteiger partial charge is 0.308 e. The van der Waals surface area contributed by atoms with Crippen LogP contribution in [0.25, 0.3) is 0 Å². The zero-order valence-electron chi connectivity index (χ0n) is 13.4. The number of urea groups is 1. The third kappa shape index (κ3) is 4.63. The zero-order valence-corrected chi connectivity index (χ0v) is 13.4. The first-order valence-corrected chi connectivity index (χ1v) is 7.85. The molecule has 0 saturated carbocycles. The van der Waals surface area contributed by atoms with Crippen LogP contribution in [-0.2, 0) is 6.42 Å². The lowest BCUT2D eigenvalue weighted by atomic mass is 10.1. The maximum Gasteiger partial charge on any atom is 0.326 e. The molecule has 3 rings (SSSR count). The molecule has 2 amide bonds. The van der Waals surface area contributed by atoms with Gasteiger partial charge in [-0.15, -0.1) is 0 Å². The second-order valence-electron chi connectivity index (χ2n) is 5.49. The molecule has 25 heavy (non-hydrogen) atoms. The van der Waals surface area contributed by atoms with E-state index in [2.05, 4.69) is 15.9 Å². The van der Waals surface area contributed by atoms with Gasteiger partial charge in [-0.3, -0.25) is 9.84 Å². The molecule has 0 fully saturated rings. The molecular formula is C18H18FN4O2+. The molecule has 7 heteroatoms. The molecule has 1 heterocycles. The highest BCUT2D eigenvalue weighted by atomic mass is 19.1. The second-order valence-corrected chi connectivity index (χ2v) is 5.49. The summed E-state index contributed by atoms with van der Waals surface area (Å²) in [6, 6.07) is 17.6. The molecule has 0 bridgehead atoms. The Morgan fingerprint density at radius 3 is 2.44 bits per heavy atom. The minimum Gasteiger partial charge on any atom is -0.308 e. The molecule has 0 spiro atoms. The maximum atomic E-state index is 13.4. The van der Waals surface area contributed by atoms with Gasteiger partial charge in [0.2, 0.25) is 11.3 Å². The van der Waals surface area contributed by atoms with Gasteiger partial charge in [0.25, 0.3) is 6.20 Å². The van der Waals surface area contributed by atoms with Crippen LogP contribution >= 0.6 is 0 Å². The van der Waals surface area contributed by atoms with E-state index in [0.29, 0.717) is 12.1 Å². The molecule has 3 aromatic rings. The van der Waals surface area contributed by atoms with E-state index in [9.17, 15) is 9.18 Å². The lowest BCUT2D eigenvalue weighted by Gasteiger charge is -2.04. The van der Waals surface area contributed by atoms with Crippen molar-refractivity contribution in [3.05, 3.63) is 72.4 Å². The summed E-state index contributed by atoms with van der Waals surface area (Å²) in [6.45, 7) is -0.595. The Balaban J connectivity index is 1.61. The summed E-state index contributed by atoms with van der Waals surface area (Å²) in [4.78, 5) is 11.9. The molecule has 0 saturated heterocycles. The van der Waals surface area contributed by atoms with Crippen LogP contribution in [0.4, 0.5) is 20.8 Å². The summed E-state index contributed by atoms with van der Waals surface area (Å²) in [5.74, 6) is 0.139. The maximum absolute atomic E-state index is 13.4. The number of para-hydroxylation sites is 1. The summed E-state index contributed by atoms with van der Waals surface area (Å²) in [6.07, 6.45) is 1.95. The number of nitrogens with zero attached hydrogens (tertiary/aromatic N) is 2. The number of carbonyl (C=O) groups excluding carboxylic acids is 1. The van der Waals surface area contributed by atoms with Gasteiger partial charge in [-0.05, 0) is 22.4 Å². The third-order valence-electron chi connectivity index (χ3n) is 3.62. The first kappa shape index (κ1) is 16.6. The molecule has 6 nitrogen and oxygen atoms in total. The predicted octanol–water partition coefficient (Wildman–Crippen LogP) is 3.36. The Kier molecular flexibility index (Phi) is 5.36. The van der Waals surface area contributed by atoms with E-state index in [1.165, 1.54) is 10.9 Å². The van der Waals surface area contributed by atoms with Gasteiger partial charge in [0.15, 0.2) is 6.67 Å². The van der Waals surface area contributed by atoms with Gasteiger partial charge in [0.05, 0.1) is 0 Å². The van der Waals surface area contributed by atoms with Crippen LogP contribution in [0.2, 0.25) is 0 Å². The molecule has 0 aliphatic heterocycles. The van der Waals surface area contributed by atoms with Gasteiger partial charge in [0.1, 0.15) is 0 Å². The van der Waals surface area contributed by atoms with Gasteiger partial charge >= 0.3 is 11.9 Å². The number of nitrogens with one attached hydrogen (secondary N) is 2. The summed E-state index contributed by atoms with van der Waals surface area (Å²) in [5.41, 5.74) is 1.65. The fourth-order valence-electron chi connectivity index (χ4n) is 2.39. The number of aromatic nitrogens is 2. The summed E-state index contributed by atoms with van der Waals surface area (Å²) < 4.78 is 19.8. The average molecular weight is 341 g/mol. The molecule has 0 aliphatic carbocycles. The number of halogens is 1. The normalized spacial score (nSPS) is 11.7. The lowest BCUT2D eigenvalue weighted by molar-refractivity contribution is -0.785. The molecule has 2 N–H and O–H groups in total. The van der Waals surface area contributed by atoms with E-state index >= 15 is 0 Å². The lowest BCUT2D eigenvalue weighted by Crippen LogP contribution is -2.43. The van der Waals surface area contributed by atoms with Crippen molar-refractivity contribution < 1.29 is 18.4 Å². The minimum absolute atomic E-state index is 0.139. The first-order valence-electron chi connectivity index (χ1n) is 7.85. The van der Waals surface area contributed by atoms with Crippen LogP contribution in [0, 0.1) is 0 Å². The number of amides is 2. The van der Waals surface area contributed by atoms with Crippen LogP contribution in [0.5, 0.6) is 0 Å². The Morgan fingerprint density at radius 2 is 1.76 bits per heavy atom. The van der Waals surface area contributed by atoms with Crippen molar-refractivity contribution in [2.45, 2.75) is 12.5 Å². The van der Waals surface area contributed by atoms with Gasteiger partial charge in [0, 0.05) is 12.1 Å². The Hall–Kier alpha value is -3.22. The third-order valence-corrected chi connectivity index (χ3v) is 3.62.